The van der Waals surface area contributed by atoms with Crippen molar-refractivity contribution in [3.05, 3.63) is 38.8 Å². The van der Waals surface area contributed by atoms with Crippen molar-refractivity contribution in [3.8, 4) is 10.6 Å². The molecule has 0 bridgehead atoms. The van der Waals surface area contributed by atoms with E-state index in [0.29, 0.717) is 10.6 Å². The summed E-state index contributed by atoms with van der Waals surface area (Å²) < 4.78 is 0.999. The molecule has 2 rings (SSSR count). The lowest BCUT2D eigenvalue weighted by Gasteiger charge is -2.16. The molecule has 106 valence electrons. The van der Waals surface area contributed by atoms with Crippen LogP contribution in [-0.2, 0) is 5.41 Å². The molecule has 0 saturated carbocycles. The molecule has 1 aromatic heterocycles. The van der Waals surface area contributed by atoms with Gasteiger partial charge < -0.3 is 5.11 Å². The maximum atomic E-state index is 11.4. The lowest BCUT2D eigenvalue weighted by Crippen LogP contribution is -2.16. The molecule has 0 aliphatic heterocycles. The molecular formula is C15H16BrNO2S. The van der Waals surface area contributed by atoms with Crippen LogP contribution in [-0.4, -0.2) is 16.1 Å². The molecule has 0 radical (unpaired) electrons. The van der Waals surface area contributed by atoms with Crippen LogP contribution in [0, 0.1) is 6.92 Å². The first-order valence-electron chi connectivity index (χ1n) is 6.21. The minimum Gasteiger partial charge on any atom is -0.477 e. The zero-order chi connectivity index (χ0) is 15.1. The summed E-state index contributed by atoms with van der Waals surface area (Å²) in [6, 6.07) is 5.95. The second-order valence-electron chi connectivity index (χ2n) is 5.72. The van der Waals surface area contributed by atoms with Gasteiger partial charge in [-0.3, -0.25) is 0 Å². The standard InChI is InChI=1S/C15H16BrNO2S/c1-8-5-6-9(7-10(8)16)13-17-12(15(2,3)4)11(20-13)14(18)19/h5-7H,1-4H3,(H,18,19). The van der Waals surface area contributed by atoms with Gasteiger partial charge in [0.05, 0.1) is 5.69 Å². The number of hydrogen-bond acceptors (Lipinski definition) is 3. The Morgan fingerprint density at radius 1 is 1.35 bits per heavy atom. The van der Waals surface area contributed by atoms with Gasteiger partial charge in [-0.05, 0) is 18.6 Å². The minimum atomic E-state index is -0.912. The van der Waals surface area contributed by atoms with Crippen LogP contribution in [0.5, 0.6) is 0 Å². The molecule has 0 unspecified atom stereocenters. The first kappa shape index (κ1) is 15.2. The van der Waals surface area contributed by atoms with Gasteiger partial charge >= 0.3 is 5.97 Å². The Morgan fingerprint density at radius 2 is 2.00 bits per heavy atom. The van der Waals surface area contributed by atoms with Gasteiger partial charge in [0.1, 0.15) is 9.88 Å². The smallest absolute Gasteiger partial charge is 0.347 e. The predicted molar refractivity (Wildman–Crippen MR) is 85.6 cm³/mol. The molecular weight excluding hydrogens is 338 g/mol. The van der Waals surface area contributed by atoms with Gasteiger partial charge in [-0.15, -0.1) is 11.3 Å². The van der Waals surface area contributed by atoms with Gasteiger partial charge in [-0.1, -0.05) is 48.8 Å². The van der Waals surface area contributed by atoms with Crippen LogP contribution in [0.1, 0.15) is 41.7 Å². The number of nitrogens with zero attached hydrogens (tertiary/aromatic N) is 1. The highest BCUT2D eigenvalue weighted by molar-refractivity contribution is 9.10. The number of benzene rings is 1. The van der Waals surface area contributed by atoms with Crippen LogP contribution in [0.4, 0.5) is 0 Å². The average Bonchev–Trinajstić information content (AvgIpc) is 2.77. The Balaban J connectivity index is 2.58. The summed E-state index contributed by atoms with van der Waals surface area (Å²) in [6.07, 6.45) is 0. The lowest BCUT2D eigenvalue weighted by molar-refractivity contribution is 0.0699. The Morgan fingerprint density at radius 3 is 2.45 bits per heavy atom. The van der Waals surface area contributed by atoms with Crippen LogP contribution in [0.3, 0.4) is 0 Å². The normalized spacial score (nSPS) is 11.7. The van der Waals surface area contributed by atoms with E-state index in [1.165, 1.54) is 11.3 Å². The molecule has 0 amide bonds. The third kappa shape index (κ3) is 2.94. The molecule has 0 atom stereocenters. The van der Waals surface area contributed by atoms with Gasteiger partial charge in [0, 0.05) is 15.5 Å². The van der Waals surface area contributed by atoms with Gasteiger partial charge in [0.15, 0.2) is 0 Å². The number of halogens is 1. The van der Waals surface area contributed by atoms with Crippen molar-refractivity contribution in [3.63, 3.8) is 0 Å². The van der Waals surface area contributed by atoms with Crippen LogP contribution in [0.2, 0.25) is 0 Å². The van der Waals surface area contributed by atoms with Gasteiger partial charge in [0.25, 0.3) is 0 Å². The molecule has 0 spiro atoms. The fourth-order valence-corrected chi connectivity index (χ4v) is 3.31. The minimum absolute atomic E-state index is 0.287. The monoisotopic (exact) mass is 353 g/mol. The van der Waals surface area contributed by atoms with Crippen molar-refractivity contribution in [1.82, 2.24) is 4.98 Å². The number of rotatable bonds is 2. The Kier molecular flexibility index (Phi) is 4.02. The largest absolute Gasteiger partial charge is 0.477 e. The summed E-state index contributed by atoms with van der Waals surface area (Å²) in [5.74, 6) is -0.912. The summed E-state index contributed by atoms with van der Waals surface area (Å²) in [5, 5.41) is 10.1. The highest BCUT2D eigenvalue weighted by atomic mass is 79.9. The van der Waals surface area contributed by atoms with Crippen LogP contribution in [0.15, 0.2) is 22.7 Å². The molecule has 1 N–H and O–H groups in total. The van der Waals surface area contributed by atoms with Crippen molar-refractivity contribution in [2.24, 2.45) is 0 Å². The molecule has 0 aliphatic rings. The molecule has 0 fully saturated rings. The number of carboxylic acids is 1. The number of thiazole rings is 1. The summed E-state index contributed by atoms with van der Waals surface area (Å²) in [7, 11) is 0. The second kappa shape index (κ2) is 5.30. The fraction of sp³-hybridized carbons (Fsp3) is 0.333. The van der Waals surface area contributed by atoms with Crippen LogP contribution in [0.25, 0.3) is 10.6 Å². The number of aromatic nitrogens is 1. The van der Waals surface area contributed by atoms with Crippen LogP contribution >= 0.6 is 27.3 Å². The zero-order valence-corrected chi connectivity index (χ0v) is 14.2. The maximum Gasteiger partial charge on any atom is 0.347 e. The molecule has 3 nitrogen and oxygen atoms in total. The average molecular weight is 354 g/mol. The number of carboxylic acid groups (broad SMARTS) is 1. The summed E-state index contributed by atoms with van der Waals surface area (Å²) in [4.78, 5) is 16.3. The van der Waals surface area contributed by atoms with Crippen molar-refractivity contribution in [1.29, 1.82) is 0 Å². The van der Waals surface area contributed by atoms with E-state index in [-0.39, 0.29) is 5.41 Å². The van der Waals surface area contributed by atoms with E-state index in [9.17, 15) is 9.90 Å². The maximum absolute atomic E-state index is 11.4. The van der Waals surface area contributed by atoms with E-state index in [1.807, 2.05) is 45.9 Å². The number of aromatic carboxylic acids is 1. The van der Waals surface area contributed by atoms with Crippen molar-refractivity contribution < 1.29 is 9.90 Å². The first-order chi connectivity index (χ1) is 9.20. The number of hydrogen-bond donors (Lipinski definition) is 1. The quantitative estimate of drug-likeness (QED) is 0.837. The Bertz CT molecular complexity index is 671. The third-order valence-corrected chi connectivity index (χ3v) is 4.90. The van der Waals surface area contributed by atoms with E-state index in [1.54, 1.807) is 0 Å². The van der Waals surface area contributed by atoms with Crippen LogP contribution < -0.4 is 0 Å². The molecule has 0 saturated heterocycles. The van der Waals surface area contributed by atoms with E-state index < -0.39 is 5.97 Å². The predicted octanol–water partition coefficient (Wildman–Crippen LogP) is 4.88. The third-order valence-electron chi connectivity index (χ3n) is 2.95. The molecule has 1 heterocycles. The topological polar surface area (TPSA) is 50.2 Å². The summed E-state index contributed by atoms with van der Waals surface area (Å²) >= 11 is 4.73. The van der Waals surface area contributed by atoms with E-state index in [2.05, 4.69) is 20.9 Å². The molecule has 0 aliphatic carbocycles. The van der Waals surface area contributed by atoms with E-state index >= 15 is 0 Å². The van der Waals surface area contributed by atoms with Crippen molar-refractivity contribution in [2.45, 2.75) is 33.1 Å². The lowest BCUT2D eigenvalue weighted by atomic mass is 9.91. The fourth-order valence-electron chi connectivity index (χ4n) is 1.82. The number of aryl methyl sites for hydroxylation is 1. The summed E-state index contributed by atoms with van der Waals surface area (Å²) in [6.45, 7) is 7.94. The van der Waals surface area contributed by atoms with Crippen molar-refractivity contribution in [2.75, 3.05) is 0 Å². The zero-order valence-electron chi connectivity index (χ0n) is 11.8. The van der Waals surface area contributed by atoms with Crippen molar-refractivity contribution >= 4 is 33.2 Å². The second-order valence-corrected chi connectivity index (χ2v) is 7.57. The molecule has 20 heavy (non-hydrogen) atoms. The molecule has 5 heteroatoms. The highest BCUT2D eigenvalue weighted by Crippen LogP contribution is 2.35. The van der Waals surface area contributed by atoms with Gasteiger partial charge in [-0.25, -0.2) is 9.78 Å². The first-order valence-corrected chi connectivity index (χ1v) is 7.82. The van der Waals surface area contributed by atoms with E-state index in [0.717, 1.165) is 20.6 Å². The van der Waals surface area contributed by atoms with Gasteiger partial charge in [0.2, 0.25) is 0 Å². The number of carbonyl (C=O) groups is 1. The molecule has 2 aromatic rings. The Hall–Kier alpha value is -1.20. The van der Waals surface area contributed by atoms with E-state index in [4.69, 9.17) is 0 Å². The Labute approximate surface area is 130 Å². The summed E-state index contributed by atoms with van der Waals surface area (Å²) in [5.41, 5.74) is 2.43. The SMILES string of the molecule is Cc1ccc(-c2nc(C(C)(C)C)c(C(=O)O)s2)cc1Br. The highest BCUT2D eigenvalue weighted by Gasteiger charge is 2.27. The molecule has 1 aromatic carbocycles. The van der Waals surface area contributed by atoms with Gasteiger partial charge in [-0.2, -0.15) is 0 Å².